The van der Waals surface area contributed by atoms with Crippen LogP contribution in [0.1, 0.15) is 5.56 Å². The Morgan fingerprint density at radius 3 is 2.33 bits per heavy atom. The summed E-state index contributed by atoms with van der Waals surface area (Å²) in [5.41, 5.74) is 1.90. The summed E-state index contributed by atoms with van der Waals surface area (Å²) in [7, 11) is -3.55. The molecule has 10 heteroatoms. The Kier molecular flexibility index (Phi) is 5.60. The van der Waals surface area contributed by atoms with Crippen molar-refractivity contribution < 1.29 is 13.2 Å². The number of rotatable bonds is 5. The van der Waals surface area contributed by atoms with E-state index in [0.29, 0.717) is 18.9 Å². The molecule has 4 rings (SSSR count). The summed E-state index contributed by atoms with van der Waals surface area (Å²) in [6, 6.07) is 16.0. The van der Waals surface area contributed by atoms with Gasteiger partial charge in [0.05, 0.1) is 4.90 Å². The largest absolute Gasteiger partial charge is 0.338 e. The summed E-state index contributed by atoms with van der Waals surface area (Å²) in [6.07, 6.45) is 0. The summed E-state index contributed by atoms with van der Waals surface area (Å²) < 4.78 is 26.8. The molecule has 0 N–H and O–H groups in total. The molecule has 1 aliphatic heterocycles. The lowest BCUT2D eigenvalue weighted by atomic mass is 10.1. The molecule has 2 heterocycles. The van der Waals surface area contributed by atoms with E-state index in [1.807, 2.05) is 31.2 Å². The van der Waals surface area contributed by atoms with Crippen LogP contribution in [0.4, 0.5) is 0 Å². The first kappa shape index (κ1) is 20.2. The molecule has 2 aromatic carbocycles. The minimum atomic E-state index is -3.55. The van der Waals surface area contributed by atoms with Gasteiger partial charge in [0, 0.05) is 31.7 Å². The maximum absolute atomic E-state index is 12.7. The average molecular weight is 427 g/mol. The van der Waals surface area contributed by atoms with Gasteiger partial charge in [-0.1, -0.05) is 42.5 Å². The lowest BCUT2D eigenvalue weighted by Gasteiger charge is -2.33. The van der Waals surface area contributed by atoms with Crippen molar-refractivity contribution in [2.45, 2.75) is 18.4 Å². The molecule has 0 bridgehead atoms. The van der Waals surface area contributed by atoms with Gasteiger partial charge in [0.25, 0.3) is 0 Å². The van der Waals surface area contributed by atoms with Crippen molar-refractivity contribution in [2.75, 3.05) is 26.2 Å². The topological polar surface area (TPSA) is 101 Å². The quantitative estimate of drug-likeness (QED) is 0.607. The van der Waals surface area contributed by atoms with Crippen molar-refractivity contribution in [3.8, 4) is 11.4 Å². The van der Waals surface area contributed by atoms with Crippen LogP contribution >= 0.6 is 0 Å². The van der Waals surface area contributed by atoms with E-state index in [9.17, 15) is 13.2 Å². The minimum absolute atomic E-state index is 0.0374. The highest BCUT2D eigenvalue weighted by Crippen LogP contribution is 2.19. The SMILES string of the molecule is Cc1ccccc1-c1nnn(CC(=O)N2CCN(S(=O)(=O)c3ccccc3)CC2)n1. The highest BCUT2D eigenvalue weighted by atomic mass is 32.2. The third-order valence-electron chi connectivity index (χ3n) is 5.09. The van der Waals surface area contributed by atoms with Crippen molar-refractivity contribution >= 4 is 15.9 Å². The van der Waals surface area contributed by atoms with E-state index in [1.165, 1.54) is 9.10 Å². The predicted octanol–water partition coefficient (Wildman–Crippen LogP) is 1.18. The highest BCUT2D eigenvalue weighted by molar-refractivity contribution is 7.89. The number of carbonyl (C=O) groups is 1. The number of aromatic nitrogens is 4. The van der Waals surface area contributed by atoms with Crippen LogP contribution < -0.4 is 0 Å². The second-order valence-electron chi connectivity index (χ2n) is 7.06. The number of hydrogen-bond acceptors (Lipinski definition) is 6. The monoisotopic (exact) mass is 426 g/mol. The van der Waals surface area contributed by atoms with Crippen LogP contribution in [0.3, 0.4) is 0 Å². The van der Waals surface area contributed by atoms with E-state index in [4.69, 9.17) is 0 Å². The Hall–Kier alpha value is -3.11. The number of piperazine rings is 1. The average Bonchev–Trinajstić information content (AvgIpc) is 3.23. The summed E-state index contributed by atoms with van der Waals surface area (Å²) in [5.74, 6) is 0.306. The Morgan fingerprint density at radius 2 is 1.63 bits per heavy atom. The number of carbonyl (C=O) groups excluding carboxylic acids is 1. The molecule has 0 unspecified atom stereocenters. The summed E-state index contributed by atoms with van der Waals surface area (Å²) >= 11 is 0. The maximum Gasteiger partial charge on any atom is 0.246 e. The molecule has 1 aliphatic rings. The normalized spacial score (nSPS) is 15.3. The molecular weight excluding hydrogens is 404 g/mol. The van der Waals surface area contributed by atoms with Gasteiger partial charge in [-0.05, 0) is 29.8 Å². The number of amides is 1. The van der Waals surface area contributed by atoms with E-state index in [0.717, 1.165) is 11.1 Å². The molecule has 3 aromatic rings. The number of tetrazole rings is 1. The first-order valence-corrected chi connectivity index (χ1v) is 11.1. The van der Waals surface area contributed by atoms with Gasteiger partial charge in [0.2, 0.25) is 21.8 Å². The molecule has 30 heavy (non-hydrogen) atoms. The van der Waals surface area contributed by atoms with E-state index < -0.39 is 10.0 Å². The molecular formula is C20H22N6O3S. The lowest BCUT2D eigenvalue weighted by molar-refractivity contribution is -0.133. The van der Waals surface area contributed by atoms with Crippen LogP contribution in [0.15, 0.2) is 59.5 Å². The Labute approximate surface area is 175 Å². The van der Waals surface area contributed by atoms with Gasteiger partial charge >= 0.3 is 0 Å². The fraction of sp³-hybridized carbons (Fsp3) is 0.300. The number of hydrogen-bond donors (Lipinski definition) is 0. The molecule has 9 nitrogen and oxygen atoms in total. The summed E-state index contributed by atoms with van der Waals surface area (Å²) in [5, 5.41) is 12.3. The smallest absolute Gasteiger partial charge is 0.246 e. The molecule has 0 radical (unpaired) electrons. The van der Waals surface area contributed by atoms with Crippen molar-refractivity contribution in [3.63, 3.8) is 0 Å². The fourth-order valence-corrected chi connectivity index (χ4v) is 4.83. The van der Waals surface area contributed by atoms with Gasteiger partial charge in [0.1, 0.15) is 6.54 Å². The fourth-order valence-electron chi connectivity index (χ4n) is 3.38. The molecule has 0 spiro atoms. The molecule has 1 aromatic heterocycles. The first-order chi connectivity index (χ1) is 14.4. The van der Waals surface area contributed by atoms with Crippen LogP contribution in [0.2, 0.25) is 0 Å². The standard InChI is InChI=1S/C20H22N6O3S/c1-16-7-5-6-10-18(16)20-21-23-26(22-20)15-19(27)24-11-13-25(14-12-24)30(28,29)17-8-3-2-4-9-17/h2-10H,11-15H2,1H3. The van der Waals surface area contributed by atoms with E-state index in [-0.39, 0.29) is 30.4 Å². The van der Waals surface area contributed by atoms with Gasteiger partial charge in [-0.3, -0.25) is 4.79 Å². The second-order valence-corrected chi connectivity index (χ2v) is 8.99. The van der Waals surface area contributed by atoms with E-state index in [1.54, 1.807) is 35.2 Å². The molecule has 1 saturated heterocycles. The zero-order valence-electron chi connectivity index (χ0n) is 16.5. The van der Waals surface area contributed by atoms with Crippen LogP contribution in [0.25, 0.3) is 11.4 Å². The summed E-state index contributed by atoms with van der Waals surface area (Å²) in [4.78, 5) is 15.8. The first-order valence-electron chi connectivity index (χ1n) is 9.62. The van der Waals surface area contributed by atoms with E-state index >= 15 is 0 Å². The molecule has 156 valence electrons. The van der Waals surface area contributed by atoms with Crippen molar-refractivity contribution in [2.24, 2.45) is 0 Å². The molecule has 0 saturated carbocycles. The van der Waals surface area contributed by atoms with Gasteiger partial charge in [-0.2, -0.15) is 9.10 Å². The highest BCUT2D eigenvalue weighted by Gasteiger charge is 2.30. The van der Waals surface area contributed by atoms with Gasteiger partial charge in [-0.25, -0.2) is 8.42 Å². The Bertz CT molecular complexity index is 1140. The molecule has 1 fully saturated rings. The number of nitrogens with zero attached hydrogens (tertiary/aromatic N) is 6. The summed E-state index contributed by atoms with van der Waals surface area (Å²) in [6.45, 7) is 3.08. The van der Waals surface area contributed by atoms with Gasteiger partial charge in [0.15, 0.2) is 0 Å². The third-order valence-corrected chi connectivity index (χ3v) is 7.00. The Morgan fingerprint density at radius 1 is 0.967 bits per heavy atom. The van der Waals surface area contributed by atoms with Crippen LogP contribution in [0.5, 0.6) is 0 Å². The van der Waals surface area contributed by atoms with Crippen molar-refractivity contribution in [3.05, 3.63) is 60.2 Å². The number of aryl methyl sites for hydroxylation is 1. The van der Waals surface area contributed by atoms with Crippen molar-refractivity contribution in [1.82, 2.24) is 29.4 Å². The third kappa shape index (κ3) is 4.10. The zero-order chi connectivity index (χ0) is 21.1. The molecule has 1 amide bonds. The predicted molar refractivity (Wildman–Crippen MR) is 110 cm³/mol. The van der Waals surface area contributed by atoms with Gasteiger partial charge in [-0.15, -0.1) is 10.2 Å². The minimum Gasteiger partial charge on any atom is -0.338 e. The number of benzene rings is 2. The zero-order valence-corrected chi connectivity index (χ0v) is 17.4. The van der Waals surface area contributed by atoms with Crippen LogP contribution in [-0.2, 0) is 21.4 Å². The van der Waals surface area contributed by atoms with Crippen LogP contribution in [0, 0.1) is 6.92 Å². The number of sulfonamides is 1. The molecule has 0 atom stereocenters. The lowest BCUT2D eigenvalue weighted by Crippen LogP contribution is -2.51. The van der Waals surface area contributed by atoms with Crippen molar-refractivity contribution in [1.29, 1.82) is 0 Å². The Balaban J connectivity index is 1.37. The molecule has 0 aliphatic carbocycles. The van der Waals surface area contributed by atoms with Gasteiger partial charge < -0.3 is 4.90 Å². The van der Waals surface area contributed by atoms with Crippen LogP contribution in [-0.4, -0.2) is 69.9 Å². The van der Waals surface area contributed by atoms with E-state index in [2.05, 4.69) is 15.4 Å². The second kappa shape index (κ2) is 8.33. The maximum atomic E-state index is 12.7.